The summed E-state index contributed by atoms with van der Waals surface area (Å²) in [6.07, 6.45) is 3.31. The van der Waals surface area contributed by atoms with Gasteiger partial charge in [0.05, 0.1) is 13.1 Å². The SMILES string of the molecule is CC(C)N(CC(N)=O)CC(=O)N1C(C)CCCC1C. The summed E-state index contributed by atoms with van der Waals surface area (Å²) in [7, 11) is 0. The van der Waals surface area contributed by atoms with Crippen LogP contribution >= 0.6 is 0 Å². The summed E-state index contributed by atoms with van der Waals surface area (Å²) in [5, 5.41) is 0. The van der Waals surface area contributed by atoms with Gasteiger partial charge in [0.1, 0.15) is 0 Å². The van der Waals surface area contributed by atoms with Crippen LogP contribution in [0.1, 0.15) is 47.0 Å². The average molecular weight is 269 g/mol. The smallest absolute Gasteiger partial charge is 0.237 e. The summed E-state index contributed by atoms with van der Waals surface area (Å²) >= 11 is 0. The van der Waals surface area contributed by atoms with E-state index in [-0.39, 0.29) is 30.9 Å². The van der Waals surface area contributed by atoms with E-state index < -0.39 is 0 Å². The minimum atomic E-state index is -0.388. The summed E-state index contributed by atoms with van der Waals surface area (Å²) in [6, 6.07) is 0.713. The van der Waals surface area contributed by atoms with Crippen LogP contribution in [0.15, 0.2) is 0 Å². The zero-order valence-electron chi connectivity index (χ0n) is 12.6. The van der Waals surface area contributed by atoms with Gasteiger partial charge < -0.3 is 10.6 Å². The van der Waals surface area contributed by atoms with Crippen LogP contribution in [0, 0.1) is 0 Å². The predicted octanol–water partition coefficient (Wildman–Crippen LogP) is 0.972. The average Bonchev–Trinajstić information content (AvgIpc) is 2.27. The molecular formula is C14H27N3O2. The predicted molar refractivity (Wildman–Crippen MR) is 75.5 cm³/mol. The van der Waals surface area contributed by atoms with E-state index in [1.54, 1.807) is 0 Å². The minimum absolute atomic E-state index is 0.106. The molecule has 1 saturated heterocycles. The highest BCUT2D eigenvalue weighted by atomic mass is 16.2. The summed E-state index contributed by atoms with van der Waals surface area (Å²) < 4.78 is 0. The molecule has 2 atom stereocenters. The van der Waals surface area contributed by atoms with Gasteiger partial charge >= 0.3 is 0 Å². The monoisotopic (exact) mass is 269 g/mol. The Bertz CT molecular complexity index is 321. The number of primary amides is 1. The van der Waals surface area contributed by atoms with Crippen LogP contribution in [0.5, 0.6) is 0 Å². The van der Waals surface area contributed by atoms with E-state index in [1.165, 1.54) is 6.42 Å². The van der Waals surface area contributed by atoms with Gasteiger partial charge in [-0.25, -0.2) is 0 Å². The van der Waals surface area contributed by atoms with Crippen molar-refractivity contribution < 1.29 is 9.59 Å². The van der Waals surface area contributed by atoms with Crippen molar-refractivity contribution in [3.8, 4) is 0 Å². The van der Waals surface area contributed by atoms with Crippen molar-refractivity contribution in [1.29, 1.82) is 0 Å². The van der Waals surface area contributed by atoms with Gasteiger partial charge in [0, 0.05) is 18.1 Å². The van der Waals surface area contributed by atoms with Crippen molar-refractivity contribution in [2.45, 2.75) is 65.1 Å². The van der Waals surface area contributed by atoms with Crippen LogP contribution in [0.25, 0.3) is 0 Å². The second-order valence-corrected chi connectivity index (χ2v) is 5.89. The maximum Gasteiger partial charge on any atom is 0.237 e. The molecule has 2 N–H and O–H groups in total. The summed E-state index contributed by atoms with van der Waals surface area (Å²) in [4.78, 5) is 27.3. The fraction of sp³-hybridized carbons (Fsp3) is 0.857. The molecule has 1 aliphatic rings. The molecule has 2 amide bonds. The zero-order chi connectivity index (χ0) is 14.6. The molecule has 0 aromatic rings. The van der Waals surface area contributed by atoms with Gasteiger partial charge in [0.25, 0.3) is 0 Å². The molecule has 0 aliphatic carbocycles. The van der Waals surface area contributed by atoms with Gasteiger partial charge in [-0.3, -0.25) is 14.5 Å². The maximum absolute atomic E-state index is 12.4. The van der Waals surface area contributed by atoms with Crippen LogP contribution in [-0.2, 0) is 9.59 Å². The number of hydrogen-bond acceptors (Lipinski definition) is 3. The largest absolute Gasteiger partial charge is 0.369 e. The molecule has 5 nitrogen and oxygen atoms in total. The van der Waals surface area contributed by atoms with Gasteiger partial charge in [-0.2, -0.15) is 0 Å². The normalized spacial score (nSPS) is 24.0. The lowest BCUT2D eigenvalue weighted by Gasteiger charge is -2.40. The van der Waals surface area contributed by atoms with Crippen molar-refractivity contribution in [2.24, 2.45) is 5.73 Å². The van der Waals surface area contributed by atoms with Gasteiger partial charge in [0.2, 0.25) is 11.8 Å². The van der Waals surface area contributed by atoms with Crippen LogP contribution in [0.2, 0.25) is 0 Å². The number of carbonyl (C=O) groups is 2. The van der Waals surface area contributed by atoms with Gasteiger partial charge in [0.15, 0.2) is 0 Å². The molecule has 0 saturated carbocycles. The number of nitrogens with two attached hydrogens (primary N) is 1. The van der Waals surface area contributed by atoms with Gasteiger partial charge in [-0.05, 0) is 47.0 Å². The molecule has 0 aromatic carbocycles. The first kappa shape index (κ1) is 16.0. The summed E-state index contributed by atoms with van der Waals surface area (Å²) in [5.74, 6) is -0.282. The lowest BCUT2D eigenvalue weighted by atomic mass is 9.97. The van der Waals surface area contributed by atoms with Crippen molar-refractivity contribution in [1.82, 2.24) is 9.80 Å². The molecule has 0 radical (unpaired) electrons. The Morgan fingerprint density at radius 1 is 1.21 bits per heavy atom. The number of carbonyl (C=O) groups excluding carboxylic acids is 2. The summed E-state index contributed by atoms with van der Waals surface area (Å²) in [6.45, 7) is 8.55. The first-order chi connectivity index (χ1) is 8.82. The molecule has 0 bridgehead atoms. The Morgan fingerprint density at radius 2 is 1.74 bits per heavy atom. The lowest BCUT2D eigenvalue weighted by Crippen LogP contribution is -2.52. The molecule has 5 heteroatoms. The maximum atomic E-state index is 12.4. The first-order valence-corrected chi connectivity index (χ1v) is 7.16. The van der Waals surface area contributed by atoms with E-state index in [1.807, 2.05) is 23.6 Å². The molecule has 1 fully saturated rings. The molecule has 19 heavy (non-hydrogen) atoms. The fourth-order valence-electron chi connectivity index (χ4n) is 2.79. The highest BCUT2D eigenvalue weighted by Crippen LogP contribution is 2.22. The number of hydrogen-bond donors (Lipinski definition) is 1. The van der Waals surface area contributed by atoms with Crippen LogP contribution in [-0.4, -0.2) is 52.8 Å². The number of rotatable bonds is 5. The number of likely N-dealkylation sites (tertiary alicyclic amines) is 1. The highest BCUT2D eigenvalue weighted by molar-refractivity contribution is 5.81. The van der Waals surface area contributed by atoms with Crippen molar-refractivity contribution in [3.05, 3.63) is 0 Å². The zero-order valence-corrected chi connectivity index (χ0v) is 12.6. The van der Waals surface area contributed by atoms with E-state index in [4.69, 9.17) is 5.73 Å². The van der Waals surface area contributed by atoms with E-state index >= 15 is 0 Å². The Morgan fingerprint density at radius 3 is 2.16 bits per heavy atom. The minimum Gasteiger partial charge on any atom is -0.369 e. The standard InChI is InChI=1S/C14H27N3O2/c1-10(2)16(8-13(15)18)9-14(19)17-11(3)6-5-7-12(17)4/h10-12H,5-9H2,1-4H3,(H2,15,18). The number of nitrogens with zero attached hydrogens (tertiary/aromatic N) is 2. The molecule has 1 rings (SSSR count). The lowest BCUT2D eigenvalue weighted by molar-refractivity contribution is -0.139. The van der Waals surface area contributed by atoms with E-state index in [9.17, 15) is 9.59 Å². The second kappa shape index (κ2) is 6.89. The molecule has 0 spiro atoms. The van der Waals surface area contributed by atoms with Crippen LogP contribution in [0.3, 0.4) is 0 Å². The molecule has 110 valence electrons. The third-order valence-corrected chi connectivity index (χ3v) is 3.91. The number of piperidine rings is 1. The molecule has 2 unspecified atom stereocenters. The Balaban J connectivity index is 2.67. The van der Waals surface area contributed by atoms with Crippen molar-refractivity contribution in [3.63, 3.8) is 0 Å². The molecular weight excluding hydrogens is 242 g/mol. The second-order valence-electron chi connectivity index (χ2n) is 5.89. The molecule has 1 heterocycles. The fourth-order valence-corrected chi connectivity index (χ4v) is 2.79. The Labute approximate surface area is 116 Å². The molecule has 0 aromatic heterocycles. The topological polar surface area (TPSA) is 66.6 Å². The quantitative estimate of drug-likeness (QED) is 0.809. The Hall–Kier alpha value is -1.10. The van der Waals surface area contributed by atoms with E-state index in [0.29, 0.717) is 12.1 Å². The van der Waals surface area contributed by atoms with E-state index in [0.717, 1.165) is 12.8 Å². The van der Waals surface area contributed by atoms with Crippen molar-refractivity contribution >= 4 is 11.8 Å². The summed E-state index contributed by atoms with van der Waals surface area (Å²) in [5.41, 5.74) is 5.23. The van der Waals surface area contributed by atoms with Gasteiger partial charge in [-0.1, -0.05) is 0 Å². The van der Waals surface area contributed by atoms with Crippen molar-refractivity contribution in [2.75, 3.05) is 13.1 Å². The Kier molecular flexibility index (Phi) is 5.79. The number of amides is 2. The van der Waals surface area contributed by atoms with E-state index in [2.05, 4.69) is 13.8 Å². The third-order valence-electron chi connectivity index (χ3n) is 3.91. The van der Waals surface area contributed by atoms with Crippen LogP contribution < -0.4 is 5.73 Å². The highest BCUT2D eigenvalue weighted by Gasteiger charge is 2.30. The van der Waals surface area contributed by atoms with Crippen LogP contribution in [0.4, 0.5) is 0 Å². The third kappa shape index (κ3) is 4.49. The molecule has 1 aliphatic heterocycles. The van der Waals surface area contributed by atoms with Gasteiger partial charge in [-0.15, -0.1) is 0 Å². The first-order valence-electron chi connectivity index (χ1n) is 7.16.